The van der Waals surface area contributed by atoms with Crippen LogP contribution in [0.1, 0.15) is 11.1 Å². The largest absolute Gasteiger partial charge is 0.411 e. The van der Waals surface area contributed by atoms with E-state index < -0.39 is 24.6 Å². The Hall–Kier alpha value is -1.30. The van der Waals surface area contributed by atoms with E-state index in [1.54, 1.807) is 19.9 Å². The summed E-state index contributed by atoms with van der Waals surface area (Å²) in [7, 11) is 0. The van der Waals surface area contributed by atoms with Crippen molar-refractivity contribution in [3.8, 4) is 0 Å². The van der Waals surface area contributed by atoms with Crippen molar-refractivity contribution in [1.29, 1.82) is 0 Å². The highest BCUT2D eigenvalue weighted by Gasteiger charge is 2.45. The number of rotatable bonds is 1. The van der Waals surface area contributed by atoms with Crippen molar-refractivity contribution >= 4 is 5.69 Å². The van der Waals surface area contributed by atoms with Crippen LogP contribution in [0.15, 0.2) is 12.1 Å². The van der Waals surface area contributed by atoms with Gasteiger partial charge in [0.1, 0.15) is 11.9 Å². The van der Waals surface area contributed by atoms with Crippen LogP contribution in [0, 0.1) is 19.7 Å². The Kier molecular flexibility index (Phi) is 3.71. The van der Waals surface area contributed by atoms with E-state index in [1.165, 1.54) is 4.90 Å². The molecule has 0 amide bonds. The van der Waals surface area contributed by atoms with E-state index in [-0.39, 0.29) is 18.8 Å². The van der Waals surface area contributed by atoms with Crippen molar-refractivity contribution in [2.75, 3.05) is 24.7 Å². The van der Waals surface area contributed by atoms with Crippen molar-refractivity contribution in [2.45, 2.75) is 26.1 Å². The van der Waals surface area contributed by atoms with Gasteiger partial charge in [0.15, 0.2) is 0 Å². The molecule has 0 aromatic heterocycles. The van der Waals surface area contributed by atoms with Gasteiger partial charge in [0.2, 0.25) is 0 Å². The fourth-order valence-electron chi connectivity index (χ4n) is 2.15. The average molecular weight is 277 g/mol. The molecule has 1 aromatic rings. The first-order chi connectivity index (χ1) is 8.80. The first-order valence-corrected chi connectivity index (χ1v) is 5.98. The van der Waals surface area contributed by atoms with Crippen LogP contribution < -0.4 is 4.90 Å². The Balaban J connectivity index is 2.38. The predicted molar refractivity (Wildman–Crippen MR) is 63.9 cm³/mol. The second kappa shape index (κ2) is 5.00. The molecule has 0 radical (unpaired) electrons. The van der Waals surface area contributed by atoms with Crippen LogP contribution in [-0.4, -0.2) is 32.0 Å². The van der Waals surface area contributed by atoms with E-state index in [9.17, 15) is 17.6 Å². The van der Waals surface area contributed by atoms with Crippen LogP contribution in [0.3, 0.4) is 0 Å². The van der Waals surface area contributed by atoms with Gasteiger partial charge >= 0.3 is 6.18 Å². The lowest BCUT2D eigenvalue weighted by molar-refractivity contribution is -0.167. The van der Waals surface area contributed by atoms with Gasteiger partial charge in [-0.2, -0.15) is 13.2 Å². The van der Waals surface area contributed by atoms with Gasteiger partial charge < -0.3 is 9.64 Å². The van der Waals surface area contributed by atoms with E-state index in [2.05, 4.69) is 0 Å². The smallest absolute Gasteiger partial charge is 0.377 e. The highest BCUT2D eigenvalue weighted by Crippen LogP contribution is 2.32. The molecule has 1 aliphatic rings. The quantitative estimate of drug-likeness (QED) is 0.731. The fourth-order valence-corrected chi connectivity index (χ4v) is 2.15. The number of anilines is 1. The molecular formula is C13H15F4NO. The van der Waals surface area contributed by atoms with Crippen LogP contribution >= 0.6 is 0 Å². The maximum Gasteiger partial charge on any atom is 0.411 e. The lowest BCUT2D eigenvalue weighted by Gasteiger charge is -2.38. The first-order valence-electron chi connectivity index (χ1n) is 5.98. The lowest BCUT2D eigenvalue weighted by Crippen LogP contribution is -2.53. The van der Waals surface area contributed by atoms with Gasteiger partial charge in [-0.1, -0.05) is 0 Å². The van der Waals surface area contributed by atoms with E-state index in [4.69, 9.17) is 4.74 Å². The minimum absolute atomic E-state index is 0.103. The predicted octanol–water partition coefficient (Wildman–Crippen LogP) is 3.21. The number of nitrogens with zero attached hydrogens (tertiary/aromatic N) is 1. The van der Waals surface area contributed by atoms with Gasteiger partial charge in [0.05, 0.1) is 13.2 Å². The molecule has 0 saturated carbocycles. The number of halogens is 4. The van der Waals surface area contributed by atoms with Gasteiger partial charge in [-0.25, -0.2) is 4.39 Å². The minimum atomic E-state index is -4.39. The Labute approximate surface area is 109 Å². The molecule has 0 N–H and O–H groups in total. The molecular weight excluding hydrogens is 262 g/mol. The number of alkyl halides is 3. The SMILES string of the molecule is Cc1cc(N2CCOCC2C(F)(F)F)cc(F)c1C. The molecule has 1 aromatic carbocycles. The molecule has 6 heteroatoms. The zero-order valence-corrected chi connectivity index (χ0v) is 10.7. The zero-order valence-electron chi connectivity index (χ0n) is 10.7. The summed E-state index contributed by atoms with van der Waals surface area (Å²) in [4.78, 5) is 1.17. The van der Waals surface area contributed by atoms with Crippen LogP contribution in [0.2, 0.25) is 0 Å². The maximum absolute atomic E-state index is 13.7. The molecule has 1 heterocycles. The van der Waals surface area contributed by atoms with Gasteiger partial charge in [0, 0.05) is 12.2 Å². The highest BCUT2D eigenvalue weighted by molar-refractivity contribution is 5.52. The van der Waals surface area contributed by atoms with Crippen molar-refractivity contribution in [3.63, 3.8) is 0 Å². The van der Waals surface area contributed by atoms with E-state index in [0.29, 0.717) is 11.1 Å². The zero-order chi connectivity index (χ0) is 14.2. The maximum atomic E-state index is 13.7. The topological polar surface area (TPSA) is 12.5 Å². The van der Waals surface area contributed by atoms with E-state index in [1.807, 2.05) is 0 Å². The number of hydrogen-bond donors (Lipinski definition) is 0. The molecule has 0 bridgehead atoms. The fraction of sp³-hybridized carbons (Fsp3) is 0.538. The number of hydrogen-bond acceptors (Lipinski definition) is 2. The molecule has 0 spiro atoms. The molecule has 0 aliphatic carbocycles. The van der Waals surface area contributed by atoms with Gasteiger partial charge in [-0.15, -0.1) is 0 Å². The molecule has 1 unspecified atom stereocenters. The summed E-state index contributed by atoms with van der Waals surface area (Å²) in [5.74, 6) is -0.484. The van der Waals surface area contributed by atoms with E-state index >= 15 is 0 Å². The van der Waals surface area contributed by atoms with Crippen molar-refractivity contribution in [2.24, 2.45) is 0 Å². The van der Waals surface area contributed by atoms with E-state index in [0.717, 1.165) is 6.07 Å². The van der Waals surface area contributed by atoms with Crippen molar-refractivity contribution in [1.82, 2.24) is 0 Å². The van der Waals surface area contributed by atoms with Gasteiger partial charge in [-0.3, -0.25) is 0 Å². The summed E-state index contributed by atoms with van der Waals surface area (Å²) in [5.41, 5.74) is 1.36. The molecule has 19 heavy (non-hydrogen) atoms. The number of benzene rings is 1. The van der Waals surface area contributed by atoms with Crippen molar-refractivity contribution in [3.05, 3.63) is 29.1 Å². The summed E-state index contributed by atoms with van der Waals surface area (Å²) in [6.45, 7) is 3.19. The second-order valence-electron chi connectivity index (χ2n) is 4.70. The Morgan fingerprint density at radius 2 is 1.95 bits per heavy atom. The summed E-state index contributed by atoms with van der Waals surface area (Å²) < 4.78 is 57.4. The summed E-state index contributed by atoms with van der Waals surface area (Å²) >= 11 is 0. The molecule has 106 valence electrons. The monoisotopic (exact) mass is 277 g/mol. The second-order valence-corrected chi connectivity index (χ2v) is 4.70. The lowest BCUT2D eigenvalue weighted by atomic mass is 10.1. The third-order valence-corrected chi connectivity index (χ3v) is 3.43. The first kappa shape index (κ1) is 14.1. The standard InChI is InChI=1S/C13H15F4NO/c1-8-5-10(6-11(14)9(8)2)18-3-4-19-7-12(18)13(15,16)17/h5-6,12H,3-4,7H2,1-2H3. The van der Waals surface area contributed by atoms with Crippen molar-refractivity contribution < 1.29 is 22.3 Å². The number of ether oxygens (including phenoxy) is 1. The van der Waals surface area contributed by atoms with Gasteiger partial charge in [-0.05, 0) is 37.1 Å². The Bertz CT molecular complexity index is 449. The molecule has 2 nitrogen and oxygen atoms in total. The highest BCUT2D eigenvalue weighted by atomic mass is 19.4. The Morgan fingerprint density at radius 3 is 2.53 bits per heavy atom. The summed E-state index contributed by atoms with van der Waals surface area (Å²) in [5, 5.41) is 0. The molecule has 2 rings (SSSR count). The molecule has 1 aliphatic heterocycles. The minimum Gasteiger partial charge on any atom is -0.377 e. The van der Waals surface area contributed by atoms with Crippen LogP contribution in [0.4, 0.5) is 23.2 Å². The average Bonchev–Trinajstić information content (AvgIpc) is 2.34. The third kappa shape index (κ3) is 2.83. The van der Waals surface area contributed by atoms with Crippen LogP contribution in [-0.2, 0) is 4.74 Å². The van der Waals surface area contributed by atoms with Gasteiger partial charge in [0.25, 0.3) is 0 Å². The summed E-state index contributed by atoms with van der Waals surface area (Å²) in [6, 6.07) is 1.03. The molecule has 1 atom stereocenters. The normalized spacial score (nSPS) is 20.7. The number of morpholine rings is 1. The third-order valence-electron chi connectivity index (χ3n) is 3.43. The van der Waals surface area contributed by atoms with Crippen LogP contribution in [0.25, 0.3) is 0 Å². The Morgan fingerprint density at radius 1 is 1.26 bits per heavy atom. The summed E-state index contributed by atoms with van der Waals surface area (Å²) in [6.07, 6.45) is -4.39. The number of aryl methyl sites for hydroxylation is 1. The molecule has 1 fully saturated rings. The van der Waals surface area contributed by atoms with Crippen LogP contribution in [0.5, 0.6) is 0 Å². The molecule has 1 saturated heterocycles.